The molecule has 1 atom stereocenters. The van der Waals surface area contributed by atoms with E-state index in [9.17, 15) is 9.65 Å². The van der Waals surface area contributed by atoms with Crippen LogP contribution in [-0.2, 0) is 13.1 Å². The summed E-state index contributed by atoms with van der Waals surface area (Å²) in [6.45, 7) is 4.91. The van der Waals surface area contributed by atoms with Gasteiger partial charge in [-0.3, -0.25) is 15.7 Å². The standard InChI is InChI=1S/C29H27Cl2FN8/c1-2-40-14-17-4-3-16(7-18(17)15-40)28(26(12-34)39-35)38-21-8-22-27(37-20-5-6-25(32)23(30)9-20)19(11-33)13-36-29(22)24(31)10-21/h3-10,12-13,28,38-39H,2,14-15,34-35H2,1H3,(H,36,37)/b26-12-/t28-/m0/s1. The number of halogens is 3. The number of aromatic nitrogens is 1. The van der Waals surface area contributed by atoms with Crippen molar-refractivity contribution in [3.8, 4) is 6.07 Å². The lowest BCUT2D eigenvalue weighted by molar-refractivity contribution is 0.301. The molecule has 1 aromatic heterocycles. The molecule has 0 unspecified atom stereocenters. The van der Waals surface area contributed by atoms with Gasteiger partial charge in [-0.1, -0.05) is 48.3 Å². The zero-order chi connectivity index (χ0) is 28.4. The smallest absolute Gasteiger partial charge is 0.141 e. The molecule has 0 aliphatic carbocycles. The number of nitrogens with two attached hydrogens (primary N) is 2. The highest BCUT2D eigenvalue weighted by molar-refractivity contribution is 6.36. The maximum atomic E-state index is 13.8. The Morgan fingerprint density at radius 1 is 1.12 bits per heavy atom. The predicted molar refractivity (Wildman–Crippen MR) is 158 cm³/mol. The summed E-state index contributed by atoms with van der Waals surface area (Å²) in [5.74, 6) is 5.31. The first-order chi connectivity index (χ1) is 19.3. The van der Waals surface area contributed by atoms with E-state index in [1.54, 1.807) is 6.07 Å². The van der Waals surface area contributed by atoms with E-state index in [4.69, 9.17) is 34.8 Å². The Hall–Kier alpha value is -4.07. The Bertz CT molecular complexity index is 1670. The lowest BCUT2D eigenvalue weighted by atomic mass is 9.98. The number of nitrogens with zero attached hydrogens (tertiary/aromatic N) is 3. The van der Waals surface area contributed by atoms with Gasteiger partial charge in [0.1, 0.15) is 11.9 Å². The van der Waals surface area contributed by atoms with Gasteiger partial charge in [-0.2, -0.15) is 5.26 Å². The van der Waals surface area contributed by atoms with E-state index in [1.165, 1.54) is 41.7 Å². The number of hydrazine groups is 1. The number of pyridine rings is 1. The van der Waals surface area contributed by atoms with E-state index < -0.39 is 11.9 Å². The maximum Gasteiger partial charge on any atom is 0.141 e. The average Bonchev–Trinajstić information content (AvgIpc) is 3.38. The van der Waals surface area contributed by atoms with Crippen LogP contribution in [0.5, 0.6) is 0 Å². The summed E-state index contributed by atoms with van der Waals surface area (Å²) < 4.78 is 13.8. The number of hydrogen-bond donors (Lipinski definition) is 5. The Kier molecular flexibility index (Phi) is 7.96. The van der Waals surface area contributed by atoms with Crippen LogP contribution in [0.15, 0.2) is 66.6 Å². The van der Waals surface area contributed by atoms with Crippen molar-refractivity contribution in [1.29, 1.82) is 5.26 Å². The summed E-state index contributed by atoms with van der Waals surface area (Å²) in [7, 11) is 0. The third kappa shape index (κ3) is 5.35. The second-order valence-corrected chi connectivity index (χ2v) is 10.3. The van der Waals surface area contributed by atoms with Crippen molar-refractivity contribution in [3.05, 3.63) is 105 Å². The molecule has 1 aliphatic heterocycles. The van der Waals surface area contributed by atoms with Gasteiger partial charge in [0, 0.05) is 42.2 Å². The van der Waals surface area contributed by atoms with E-state index in [1.807, 2.05) is 6.07 Å². The summed E-state index contributed by atoms with van der Waals surface area (Å²) in [5.41, 5.74) is 15.1. The number of hydrogen-bond acceptors (Lipinski definition) is 8. The molecule has 11 heteroatoms. The van der Waals surface area contributed by atoms with E-state index in [-0.39, 0.29) is 10.6 Å². The SMILES string of the molecule is CCN1Cc2ccc([C@H](Nc3cc(Cl)c4ncc(C#N)c(Nc5ccc(F)c(Cl)c5)c4c3)/C(=C/N)NN)cc2C1. The van der Waals surface area contributed by atoms with Crippen LogP contribution in [0.2, 0.25) is 10.0 Å². The first-order valence-corrected chi connectivity index (χ1v) is 13.3. The third-order valence-electron chi connectivity index (χ3n) is 7.00. The van der Waals surface area contributed by atoms with Crippen LogP contribution >= 0.6 is 23.2 Å². The number of nitrogens with one attached hydrogen (secondary N) is 3. The molecular formula is C29H27Cl2FN8. The van der Waals surface area contributed by atoms with Crippen LogP contribution in [-0.4, -0.2) is 16.4 Å². The maximum absolute atomic E-state index is 13.8. The molecule has 8 nitrogen and oxygen atoms in total. The van der Waals surface area contributed by atoms with Crippen LogP contribution in [0.1, 0.15) is 35.2 Å². The van der Waals surface area contributed by atoms with Crippen molar-refractivity contribution >= 4 is 51.2 Å². The van der Waals surface area contributed by atoms with Crippen LogP contribution in [0.25, 0.3) is 10.9 Å². The van der Waals surface area contributed by atoms with E-state index in [0.717, 1.165) is 25.2 Å². The molecule has 2 heterocycles. The van der Waals surface area contributed by atoms with Gasteiger partial charge in [0.05, 0.1) is 38.6 Å². The van der Waals surface area contributed by atoms with Crippen molar-refractivity contribution < 1.29 is 4.39 Å². The highest BCUT2D eigenvalue weighted by atomic mass is 35.5. The van der Waals surface area contributed by atoms with Crippen LogP contribution in [0, 0.1) is 17.1 Å². The van der Waals surface area contributed by atoms with Crippen molar-refractivity contribution in [2.24, 2.45) is 11.6 Å². The minimum Gasteiger partial charge on any atom is -0.403 e. The molecule has 1 aliphatic rings. The zero-order valence-electron chi connectivity index (χ0n) is 21.6. The molecule has 0 bridgehead atoms. The molecule has 0 fully saturated rings. The van der Waals surface area contributed by atoms with E-state index in [2.05, 4.69) is 57.1 Å². The largest absolute Gasteiger partial charge is 0.403 e. The molecule has 0 amide bonds. The molecule has 40 heavy (non-hydrogen) atoms. The Labute approximate surface area is 241 Å². The van der Waals surface area contributed by atoms with Crippen molar-refractivity contribution in [2.45, 2.75) is 26.1 Å². The Morgan fingerprint density at radius 3 is 2.60 bits per heavy atom. The minimum absolute atomic E-state index is 0.0445. The van der Waals surface area contributed by atoms with E-state index >= 15 is 0 Å². The zero-order valence-corrected chi connectivity index (χ0v) is 23.1. The second-order valence-electron chi connectivity index (χ2n) is 9.44. The molecule has 0 spiro atoms. The van der Waals surface area contributed by atoms with Crippen molar-refractivity contribution in [3.63, 3.8) is 0 Å². The number of benzene rings is 3. The molecule has 5 rings (SSSR count). The highest BCUT2D eigenvalue weighted by Crippen LogP contribution is 2.37. The molecule has 3 aromatic carbocycles. The molecule has 0 radical (unpaired) electrons. The molecule has 7 N–H and O–H groups in total. The quantitative estimate of drug-likeness (QED) is 0.127. The summed E-state index contributed by atoms with van der Waals surface area (Å²) >= 11 is 12.7. The third-order valence-corrected chi connectivity index (χ3v) is 7.58. The van der Waals surface area contributed by atoms with Gasteiger partial charge >= 0.3 is 0 Å². The first kappa shape index (κ1) is 27.5. The molecule has 0 saturated carbocycles. The van der Waals surface area contributed by atoms with E-state index in [0.29, 0.717) is 38.7 Å². The van der Waals surface area contributed by atoms with Gasteiger partial charge in [-0.15, -0.1) is 0 Å². The summed E-state index contributed by atoms with van der Waals surface area (Å²) in [6, 6.07) is 15.9. The summed E-state index contributed by atoms with van der Waals surface area (Å²) in [5, 5.41) is 17.4. The van der Waals surface area contributed by atoms with Crippen LogP contribution < -0.4 is 27.6 Å². The average molecular weight is 577 g/mol. The highest BCUT2D eigenvalue weighted by Gasteiger charge is 2.23. The molecule has 0 saturated heterocycles. The number of fused-ring (bicyclic) bond motifs is 2. The molecular weight excluding hydrogens is 550 g/mol. The minimum atomic E-state index is -0.542. The summed E-state index contributed by atoms with van der Waals surface area (Å²) in [6.07, 6.45) is 2.86. The van der Waals surface area contributed by atoms with Crippen LogP contribution in [0.4, 0.5) is 21.5 Å². The fourth-order valence-corrected chi connectivity index (χ4v) is 5.35. The number of nitriles is 1. The first-order valence-electron chi connectivity index (χ1n) is 12.6. The Balaban J connectivity index is 1.58. The second kappa shape index (κ2) is 11.6. The van der Waals surface area contributed by atoms with Gasteiger partial charge in [0.15, 0.2) is 0 Å². The summed E-state index contributed by atoms with van der Waals surface area (Å²) in [4.78, 5) is 6.77. The monoisotopic (exact) mass is 576 g/mol. The van der Waals surface area contributed by atoms with Gasteiger partial charge in [-0.25, -0.2) is 4.39 Å². The van der Waals surface area contributed by atoms with Gasteiger partial charge in [-0.05, 0) is 53.6 Å². The lowest BCUT2D eigenvalue weighted by Crippen LogP contribution is -2.30. The number of anilines is 3. The topological polar surface area (TPSA) is 128 Å². The van der Waals surface area contributed by atoms with Gasteiger partial charge in [0.2, 0.25) is 0 Å². The Morgan fingerprint density at radius 2 is 1.90 bits per heavy atom. The number of rotatable bonds is 8. The molecule has 204 valence electrons. The normalized spacial score (nSPS) is 14.1. The van der Waals surface area contributed by atoms with Gasteiger partial charge < -0.3 is 21.8 Å². The van der Waals surface area contributed by atoms with Crippen LogP contribution in [0.3, 0.4) is 0 Å². The van der Waals surface area contributed by atoms with Crippen molar-refractivity contribution in [2.75, 3.05) is 17.2 Å². The van der Waals surface area contributed by atoms with Gasteiger partial charge in [0.25, 0.3) is 0 Å². The fourth-order valence-electron chi connectivity index (χ4n) is 4.90. The lowest BCUT2D eigenvalue weighted by Gasteiger charge is -2.24. The van der Waals surface area contributed by atoms with Crippen molar-refractivity contribution in [1.82, 2.24) is 15.3 Å². The fraction of sp³-hybridized carbons (Fsp3) is 0.172. The molecule has 4 aromatic rings. The predicted octanol–water partition coefficient (Wildman–Crippen LogP) is 6.05.